The van der Waals surface area contributed by atoms with Crippen molar-refractivity contribution in [2.45, 2.75) is 58.4 Å². The van der Waals surface area contributed by atoms with E-state index in [-0.39, 0.29) is 5.41 Å². The van der Waals surface area contributed by atoms with Gasteiger partial charge in [-0.1, -0.05) is 52.1 Å². The highest BCUT2D eigenvalue weighted by Crippen LogP contribution is 2.37. The zero-order valence-electron chi connectivity index (χ0n) is 8.65. The summed E-state index contributed by atoms with van der Waals surface area (Å²) in [6, 6.07) is 0. The molecule has 12 heavy (non-hydrogen) atoms. The number of unbranched alkanes of at least 4 members (excludes halogenated alkanes) is 2. The Bertz CT molecular complexity index is 124. The lowest BCUT2D eigenvalue weighted by Gasteiger charge is -2.34. The van der Waals surface area contributed by atoms with E-state index in [1.807, 2.05) is 20.8 Å². The van der Waals surface area contributed by atoms with Crippen LogP contribution in [-0.4, -0.2) is 10.2 Å². The average Bonchev–Trinajstić information content (AvgIpc) is 1.85. The van der Waals surface area contributed by atoms with Gasteiger partial charge in [0, 0.05) is 5.41 Å². The monoisotopic (exact) mass is 192 g/mol. The zero-order valence-corrected chi connectivity index (χ0v) is 9.41. The first-order valence-corrected chi connectivity index (χ1v) is 5.10. The Morgan fingerprint density at radius 1 is 1.17 bits per heavy atom. The maximum absolute atomic E-state index is 9.84. The molecule has 0 rings (SSSR count). The van der Waals surface area contributed by atoms with Crippen molar-refractivity contribution >= 4 is 11.6 Å². The van der Waals surface area contributed by atoms with Gasteiger partial charge in [0.05, 0.1) is 0 Å². The number of hydrogen-bond acceptors (Lipinski definition) is 1. The van der Waals surface area contributed by atoms with Gasteiger partial charge in [0.2, 0.25) is 0 Å². The number of alkyl halides is 1. The molecule has 1 nitrogen and oxygen atoms in total. The summed E-state index contributed by atoms with van der Waals surface area (Å²) in [6.07, 6.45) is 4.00. The van der Waals surface area contributed by atoms with Crippen LogP contribution in [0.15, 0.2) is 0 Å². The number of rotatable bonds is 4. The van der Waals surface area contributed by atoms with Crippen LogP contribution in [0.2, 0.25) is 0 Å². The molecule has 1 unspecified atom stereocenters. The van der Waals surface area contributed by atoms with Crippen molar-refractivity contribution in [3.05, 3.63) is 0 Å². The maximum Gasteiger partial charge on any atom is 0.143 e. The number of hydrogen-bond donors (Lipinski definition) is 1. The Labute approximate surface area is 81.1 Å². The van der Waals surface area contributed by atoms with Crippen LogP contribution in [-0.2, 0) is 0 Å². The fourth-order valence-corrected chi connectivity index (χ4v) is 1.12. The van der Waals surface area contributed by atoms with Crippen molar-refractivity contribution < 1.29 is 5.11 Å². The Hall–Kier alpha value is 0.250. The lowest BCUT2D eigenvalue weighted by molar-refractivity contribution is 0.0108. The van der Waals surface area contributed by atoms with Gasteiger partial charge in [-0.15, -0.1) is 0 Å². The van der Waals surface area contributed by atoms with Crippen LogP contribution in [0.5, 0.6) is 0 Å². The first-order chi connectivity index (χ1) is 5.31. The van der Waals surface area contributed by atoms with Crippen molar-refractivity contribution in [2.75, 3.05) is 0 Å². The topological polar surface area (TPSA) is 20.2 Å². The van der Waals surface area contributed by atoms with Crippen LogP contribution >= 0.6 is 11.6 Å². The first-order valence-electron chi connectivity index (χ1n) is 4.72. The molecule has 1 atom stereocenters. The molecule has 0 aromatic carbocycles. The van der Waals surface area contributed by atoms with Crippen LogP contribution in [0.1, 0.15) is 53.4 Å². The van der Waals surface area contributed by atoms with E-state index in [1.165, 1.54) is 0 Å². The molecule has 0 saturated heterocycles. The molecular weight excluding hydrogens is 172 g/mol. The van der Waals surface area contributed by atoms with Gasteiger partial charge in [0.25, 0.3) is 0 Å². The van der Waals surface area contributed by atoms with E-state index in [2.05, 4.69) is 6.92 Å². The highest BCUT2D eigenvalue weighted by molar-refractivity contribution is 6.23. The zero-order chi connectivity index (χ0) is 9.83. The highest BCUT2D eigenvalue weighted by Gasteiger charge is 2.36. The molecule has 0 aliphatic heterocycles. The lowest BCUT2D eigenvalue weighted by atomic mass is 9.85. The minimum Gasteiger partial charge on any atom is -0.374 e. The van der Waals surface area contributed by atoms with Crippen molar-refractivity contribution in [1.82, 2.24) is 0 Å². The predicted octanol–water partition coefficient (Wildman–Crippen LogP) is 3.54. The summed E-state index contributed by atoms with van der Waals surface area (Å²) in [5, 5.41) is 8.80. The lowest BCUT2D eigenvalue weighted by Crippen LogP contribution is -2.36. The van der Waals surface area contributed by atoms with Gasteiger partial charge >= 0.3 is 0 Å². The van der Waals surface area contributed by atoms with Gasteiger partial charge in [0.15, 0.2) is 0 Å². The van der Waals surface area contributed by atoms with E-state index in [1.54, 1.807) is 0 Å². The third-order valence-corrected chi connectivity index (χ3v) is 3.02. The molecule has 0 bridgehead atoms. The van der Waals surface area contributed by atoms with Crippen molar-refractivity contribution in [2.24, 2.45) is 5.41 Å². The molecule has 0 saturated carbocycles. The third kappa shape index (κ3) is 3.77. The number of halogens is 1. The van der Waals surface area contributed by atoms with Crippen molar-refractivity contribution in [3.8, 4) is 0 Å². The van der Waals surface area contributed by atoms with E-state index >= 15 is 0 Å². The van der Waals surface area contributed by atoms with E-state index < -0.39 is 5.06 Å². The molecule has 2 heteroatoms. The van der Waals surface area contributed by atoms with E-state index in [4.69, 9.17) is 11.6 Å². The predicted molar refractivity (Wildman–Crippen MR) is 54.4 cm³/mol. The van der Waals surface area contributed by atoms with Gasteiger partial charge in [-0.05, 0) is 12.8 Å². The van der Waals surface area contributed by atoms with Crippen LogP contribution in [0.3, 0.4) is 0 Å². The minimum absolute atomic E-state index is 0.234. The van der Waals surface area contributed by atoms with Crippen LogP contribution in [0, 0.1) is 5.41 Å². The molecular formula is C10H21ClO. The van der Waals surface area contributed by atoms with Gasteiger partial charge in [-0.3, -0.25) is 0 Å². The fraction of sp³-hybridized carbons (Fsp3) is 1.00. The van der Waals surface area contributed by atoms with Gasteiger partial charge in [0.1, 0.15) is 5.06 Å². The second-order valence-electron chi connectivity index (χ2n) is 4.47. The van der Waals surface area contributed by atoms with Crippen molar-refractivity contribution in [3.63, 3.8) is 0 Å². The Morgan fingerprint density at radius 2 is 1.67 bits per heavy atom. The van der Waals surface area contributed by atoms with Gasteiger partial charge in [-0.25, -0.2) is 0 Å². The number of aliphatic hydroxyl groups is 1. The van der Waals surface area contributed by atoms with E-state index in [9.17, 15) is 5.11 Å². The molecule has 0 spiro atoms. The Morgan fingerprint density at radius 3 is 2.00 bits per heavy atom. The second-order valence-corrected chi connectivity index (χ2v) is 5.09. The van der Waals surface area contributed by atoms with Crippen LogP contribution in [0.25, 0.3) is 0 Å². The molecule has 0 aromatic heterocycles. The first kappa shape index (κ1) is 12.2. The molecule has 1 N–H and O–H groups in total. The summed E-state index contributed by atoms with van der Waals surface area (Å²) >= 11 is 6.00. The molecule has 0 amide bonds. The van der Waals surface area contributed by atoms with Crippen molar-refractivity contribution in [1.29, 1.82) is 0 Å². The summed E-state index contributed by atoms with van der Waals surface area (Å²) < 4.78 is 0. The third-order valence-electron chi connectivity index (χ3n) is 2.26. The molecule has 74 valence electrons. The molecule has 0 aromatic rings. The van der Waals surface area contributed by atoms with Crippen LogP contribution < -0.4 is 0 Å². The molecule has 0 fully saturated rings. The summed E-state index contributed by atoms with van der Waals surface area (Å²) in [5.41, 5.74) is -0.234. The highest BCUT2D eigenvalue weighted by atomic mass is 35.5. The molecule has 0 heterocycles. The van der Waals surface area contributed by atoms with Gasteiger partial charge in [-0.2, -0.15) is 0 Å². The Kier molecular flexibility index (Phi) is 4.57. The quantitative estimate of drug-likeness (QED) is 0.534. The molecule has 0 aliphatic carbocycles. The summed E-state index contributed by atoms with van der Waals surface area (Å²) in [7, 11) is 0. The smallest absolute Gasteiger partial charge is 0.143 e. The standard InChI is InChI=1S/C10H21ClO/c1-5-6-7-8-10(11,12)9(2,3)4/h12H,5-8H2,1-4H3. The fourth-order valence-electron chi connectivity index (χ4n) is 0.984. The van der Waals surface area contributed by atoms with Crippen LogP contribution in [0.4, 0.5) is 0 Å². The molecule has 0 radical (unpaired) electrons. The normalized spacial score (nSPS) is 17.5. The summed E-state index contributed by atoms with van der Waals surface area (Å²) in [5.74, 6) is 0. The largest absolute Gasteiger partial charge is 0.374 e. The van der Waals surface area contributed by atoms with Gasteiger partial charge < -0.3 is 5.11 Å². The Balaban J connectivity index is 3.88. The SMILES string of the molecule is CCCCCC(O)(Cl)C(C)(C)C. The summed E-state index contributed by atoms with van der Waals surface area (Å²) in [4.78, 5) is 0. The molecule has 0 aliphatic rings. The van der Waals surface area contributed by atoms with E-state index in [0.29, 0.717) is 6.42 Å². The second kappa shape index (κ2) is 4.48. The minimum atomic E-state index is -1.04. The average molecular weight is 193 g/mol. The maximum atomic E-state index is 9.84. The van der Waals surface area contributed by atoms with E-state index in [0.717, 1.165) is 19.3 Å². The summed E-state index contributed by atoms with van der Waals surface area (Å²) in [6.45, 7) is 8.04.